The summed E-state index contributed by atoms with van der Waals surface area (Å²) < 4.78 is 28.3. The molecule has 1 atom stereocenters. The van der Waals surface area contributed by atoms with Crippen LogP contribution in [0.15, 0.2) is 84.9 Å². The van der Waals surface area contributed by atoms with Crippen molar-refractivity contribution in [3.63, 3.8) is 0 Å². The molecule has 0 aromatic heterocycles. The van der Waals surface area contributed by atoms with Gasteiger partial charge in [0.1, 0.15) is 11.6 Å². The Morgan fingerprint density at radius 1 is 0.742 bits per heavy atom. The molecule has 0 N–H and O–H groups in total. The first kappa shape index (κ1) is 21.2. The predicted molar refractivity (Wildman–Crippen MR) is 126 cm³/mol. The van der Waals surface area contributed by atoms with E-state index in [1.54, 1.807) is 18.2 Å². The molecule has 0 spiro atoms. The van der Waals surface area contributed by atoms with Crippen molar-refractivity contribution in [2.24, 2.45) is 0 Å². The molecule has 0 aliphatic carbocycles. The summed E-state index contributed by atoms with van der Waals surface area (Å²) in [5.74, 6) is -0.292. The first-order valence-electron chi connectivity index (χ1n) is 11.2. The molecule has 31 heavy (non-hydrogen) atoms. The van der Waals surface area contributed by atoms with E-state index in [0.29, 0.717) is 11.1 Å². The fourth-order valence-corrected chi connectivity index (χ4v) is 4.33. The maximum Gasteiger partial charge on any atom is 0.131 e. The number of rotatable bonds is 8. The largest absolute Gasteiger partial charge is 0.207 e. The Kier molecular flexibility index (Phi) is 6.76. The molecule has 0 radical (unpaired) electrons. The second-order valence-electron chi connectivity index (χ2n) is 8.32. The Hall–Kier alpha value is -3.00. The van der Waals surface area contributed by atoms with Gasteiger partial charge in [0.2, 0.25) is 0 Å². The van der Waals surface area contributed by atoms with Crippen molar-refractivity contribution in [3.05, 3.63) is 108 Å². The Labute approximate surface area is 183 Å². The molecule has 0 saturated heterocycles. The minimum absolute atomic E-state index is 0.247. The molecule has 158 valence electrons. The summed E-state index contributed by atoms with van der Waals surface area (Å²) in [7, 11) is 0. The number of hydrogen-bond acceptors (Lipinski definition) is 0. The van der Waals surface area contributed by atoms with E-state index < -0.39 is 0 Å². The van der Waals surface area contributed by atoms with Crippen LogP contribution in [0.25, 0.3) is 21.9 Å². The molecule has 0 nitrogen and oxygen atoms in total. The van der Waals surface area contributed by atoms with E-state index in [0.717, 1.165) is 24.8 Å². The maximum atomic E-state index is 15.0. The number of benzene rings is 4. The molecule has 4 aromatic rings. The lowest BCUT2D eigenvalue weighted by atomic mass is 9.86. The average molecular weight is 415 g/mol. The average Bonchev–Trinajstić information content (AvgIpc) is 2.79. The van der Waals surface area contributed by atoms with E-state index in [-0.39, 0.29) is 17.6 Å². The Morgan fingerprint density at radius 2 is 1.52 bits per heavy atom. The second kappa shape index (κ2) is 9.87. The normalized spacial score (nSPS) is 12.2. The monoisotopic (exact) mass is 414 g/mol. The number of fused-ring (bicyclic) bond motifs is 1. The Bertz CT molecular complexity index is 1140. The van der Waals surface area contributed by atoms with Gasteiger partial charge in [0, 0.05) is 5.56 Å². The molecule has 0 heterocycles. The van der Waals surface area contributed by atoms with E-state index in [2.05, 4.69) is 49.4 Å². The molecule has 0 aliphatic heterocycles. The molecule has 0 saturated carbocycles. The lowest BCUT2D eigenvalue weighted by Gasteiger charge is -2.19. The molecule has 2 heteroatoms. The van der Waals surface area contributed by atoms with E-state index in [4.69, 9.17) is 0 Å². The Morgan fingerprint density at radius 3 is 2.26 bits per heavy atom. The van der Waals surface area contributed by atoms with Crippen molar-refractivity contribution in [2.45, 2.75) is 44.9 Å². The molecular formula is C29H28F2. The van der Waals surface area contributed by atoms with Gasteiger partial charge >= 0.3 is 0 Å². The topological polar surface area (TPSA) is 0 Å². The van der Waals surface area contributed by atoms with Gasteiger partial charge in [-0.15, -0.1) is 0 Å². The van der Waals surface area contributed by atoms with Gasteiger partial charge in [-0.05, 0) is 64.4 Å². The SMILES string of the molecule is CCCCCC(Cc1ccc2ccccc2c1)c1ccc(-c2ccc(F)cc2)c(F)c1. The van der Waals surface area contributed by atoms with Gasteiger partial charge in [0.25, 0.3) is 0 Å². The lowest BCUT2D eigenvalue weighted by Crippen LogP contribution is -2.05. The minimum atomic E-state index is -0.313. The zero-order valence-electron chi connectivity index (χ0n) is 18.0. The zero-order valence-corrected chi connectivity index (χ0v) is 18.0. The summed E-state index contributed by atoms with van der Waals surface area (Å²) in [4.78, 5) is 0. The van der Waals surface area contributed by atoms with Crippen molar-refractivity contribution in [1.82, 2.24) is 0 Å². The quantitative estimate of drug-likeness (QED) is 0.253. The summed E-state index contributed by atoms with van der Waals surface area (Å²) in [6.45, 7) is 2.20. The second-order valence-corrected chi connectivity index (χ2v) is 8.32. The van der Waals surface area contributed by atoms with Gasteiger partial charge in [-0.25, -0.2) is 8.78 Å². The maximum absolute atomic E-state index is 15.0. The molecule has 4 rings (SSSR count). The summed E-state index contributed by atoms with van der Waals surface area (Å²) in [6, 6.07) is 26.6. The van der Waals surface area contributed by atoms with Gasteiger partial charge in [-0.1, -0.05) is 92.9 Å². The third-order valence-electron chi connectivity index (χ3n) is 6.07. The van der Waals surface area contributed by atoms with Gasteiger partial charge in [0.05, 0.1) is 0 Å². The van der Waals surface area contributed by atoms with E-state index in [1.807, 2.05) is 12.1 Å². The van der Waals surface area contributed by atoms with Crippen molar-refractivity contribution in [3.8, 4) is 11.1 Å². The smallest absolute Gasteiger partial charge is 0.131 e. The van der Waals surface area contributed by atoms with E-state index in [1.165, 1.54) is 41.3 Å². The van der Waals surface area contributed by atoms with Gasteiger partial charge in [-0.3, -0.25) is 0 Å². The van der Waals surface area contributed by atoms with Crippen molar-refractivity contribution in [1.29, 1.82) is 0 Å². The van der Waals surface area contributed by atoms with Crippen molar-refractivity contribution in [2.75, 3.05) is 0 Å². The number of hydrogen-bond donors (Lipinski definition) is 0. The Balaban J connectivity index is 1.61. The van der Waals surface area contributed by atoms with Crippen LogP contribution in [0.1, 0.15) is 49.7 Å². The van der Waals surface area contributed by atoms with Crippen LogP contribution in [0.3, 0.4) is 0 Å². The lowest BCUT2D eigenvalue weighted by molar-refractivity contribution is 0.557. The molecule has 0 amide bonds. The predicted octanol–water partition coefficient (Wildman–Crippen LogP) is 8.69. The van der Waals surface area contributed by atoms with Gasteiger partial charge < -0.3 is 0 Å². The summed E-state index contributed by atoms with van der Waals surface area (Å²) in [6.07, 6.45) is 5.42. The van der Waals surface area contributed by atoms with Gasteiger partial charge in [-0.2, -0.15) is 0 Å². The van der Waals surface area contributed by atoms with Crippen LogP contribution in [0.2, 0.25) is 0 Å². The molecule has 0 aliphatic rings. The van der Waals surface area contributed by atoms with Crippen LogP contribution < -0.4 is 0 Å². The van der Waals surface area contributed by atoms with Crippen LogP contribution in [0, 0.1) is 11.6 Å². The first-order chi connectivity index (χ1) is 15.1. The third kappa shape index (κ3) is 5.19. The highest BCUT2D eigenvalue weighted by Crippen LogP contribution is 2.32. The van der Waals surface area contributed by atoms with Crippen molar-refractivity contribution >= 4 is 10.8 Å². The number of unbranched alkanes of at least 4 members (excludes halogenated alkanes) is 2. The highest BCUT2D eigenvalue weighted by molar-refractivity contribution is 5.83. The number of halogens is 2. The van der Waals surface area contributed by atoms with E-state index in [9.17, 15) is 4.39 Å². The minimum Gasteiger partial charge on any atom is -0.207 e. The first-order valence-corrected chi connectivity index (χ1v) is 11.2. The fourth-order valence-electron chi connectivity index (χ4n) is 4.33. The van der Waals surface area contributed by atoms with Crippen LogP contribution in [0.4, 0.5) is 8.78 Å². The van der Waals surface area contributed by atoms with Gasteiger partial charge in [0.15, 0.2) is 0 Å². The van der Waals surface area contributed by atoms with E-state index >= 15 is 4.39 Å². The third-order valence-corrected chi connectivity index (χ3v) is 6.07. The summed E-state index contributed by atoms with van der Waals surface area (Å²) >= 11 is 0. The summed E-state index contributed by atoms with van der Waals surface area (Å²) in [5.41, 5.74) is 3.53. The van der Waals surface area contributed by atoms with Crippen LogP contribution in [0.5, 0.6) is 0 Å². The zero-order chi connectivity index (χ0) is 21.6. The van der Waals surface area contributed by atoms with Crippen LogP contribution in [-0.2, 0) is 6.42 Å². The van der Waals surface area contributed by atoms with Crippen LogP contribution >= 0.6 is 0 Å². The summed E-state index contributed by atoms with van der Waals surface area (Å²) in [5, 5.41) is 2.48. The molecule has 1 unspecified atom stereocenters. The van der Waals surface area contributed by atoms with Crippen LogP contribution in [-0.4, -0.2) is 0 Å². The highest BCUT2D eigenvalue weighted by Gasteiger charge is 2.16. The molecule has 0 bridgehead atoms. The standard InChI is InChI=1S/C29H28F2/c1-2-3-4-8-25(19-21-10-11-22-7-5-6-9-24(22)18-21)26-14-17-28(29(31)20-26)23-12-15-27(30)16-13-23/h5-7,9-18,20,25H,2-4,8,19H2,1H3. The molecular weight excluding hydrogens is 386 g/mol. The molecule has 0 fully saturated rings. The fraction of sp³-hybridized carbons (Fsp3) is 0.241. The molecule has 4 aromatic carbocycles. The van der Waals surface area contributed by atoms with Crippen molar-refractivity contribution < 1.29 is 8.78 Å². The highest BCUT2D eigenvalue weighted by atomic mass is 19.1.